The topological polar surface area (TPSA) is 143 Å². The maximum absolute atomic E-state index is 12.1. The Labute approximate surface area is 119 Å². The van der Waals surface area contributed by atoms with E-state index in [-0.39, 0.29) is 37.3 Å². The Morgan fingerprint density at radius 1 is 1.62 bits per heavy atom. The van der Waals surface area contributed by atoms with Crippen LogP contribution in [0.4, 0.5) is 17.5 Å². The molecule has 5 N–H and O–H groups in total. The van der Waals surface area contributed by atoms with Crippen LogP contribution in [0.2, 0.25) is 0 Å². The maximum Gasteiger partial charge on any atom is 0.287 e. The highest BCUT2D eigenvalue weighted by Gasteiger charge is 2.31. The summed E-state index contributed by atoms with van der Waals surface area (Å²) in [5.41, 5.74) is 5.04. The van der Waals surface area contributed by atoms with Crippen LogP contribution in [-0.4, -0.2) is 52.0 Å². The molecule has 0 amide bonds. The molecular weight excluding hydrogens is 282 g/mol. The van der Waals surface area contributed by atoms with Gasteiger partial charge in [-0.3, -0.25) is 14.5 Å². The number of nitrogens with two attached hydrogens (primary N) is 1. The van der Waals surface area contributed by atoms with Gasteiger partial charge in [-0.2, -0.15) is 4.98 Å². The Bertz CT molecular complexity index is 601. The molecule has 1 aliphatic heterocycles. The van der Waals surface area contributed by atoms with E-state index >= 15 is 0 Å². The summed E-state index contributed by atoms with van der Waals surface area (Å²) >= 11 is 0. The number of rotatable bonds is 5. The predicted molar refractivity (Wildman–Crippen MR) is 73.8 cm³/mol. The summed E-state index contributed by atoms with van der Waals surface area (Å²) in [6, 6.07) is 0. The van der Waals surface area contributed by atoms with Gasteiger partial charge in [0.05, 0.1) is 13.3 Å². The summed E-state index contributed by atoms with van der Waals surface area (Å²) in [5.74, 6) is -0.693. The van der Waals surface area contributed by atoms with E-state index in [4.69, 9.17) is 15.6 Å². The Morgan fingerprint density at radius 3 is 2.95 bits per heavy atom. The number of nitrogen functional groups attached to an aromatic ring is 1. The van der Waals surface area contributed by atoms with Gasteiger partial charge in [0.1, 0.15) is 5.69 Å². The molecule has 116 valence electrons. The van der Waals surface area contributed by atoms with Crippen LogP contribution in [0.5, 0.6) is 0 Å². The lowest BCUT2D eigenvalue weighted by Gasteiger charge is -2.23. The van der Waals surface area contributed by atoms with Crippen molar-refractivity contribution in [2.24, 2.45) is 0 Å². The number of ether oxygens (including phenoxy) is 1. The van der Waals surface area contributed by atoms with Gasteiger partial charge in [0.15, 0.2) is 5.82 Å². The smallest absolute Gasteiger partial charge is 0.287 e. The third kappa shape index (κ3) is 2.82. The number of aromatic nitrogens is 2. The van der Waals surface area contributed by atoms with Crippen LogP contribution in [0, 0.1) is 0 Å². The predicted octanol–water partition coefficient (Wildman–Crippen LogP) is -1.65. The molecule has 1 atom stereocenters. The average Bonchev–Trinajstić information content (AvgIpc) is 2.82. The Morgan fingerprint density at radius 2 is 2.33 bits per heavy atom. The Balaban J connectivity index is 2.29. The summed E-state index contributed by atoms with van der Waals surface area (Å²) in [4.78, 5) is 28.8. The number of carbonyl (C=O) groups is 1. The van der Waals surface area contributed by atoms with Crippen LogP contribution < -0.4 is 21.5 Å². The van der Waals surface area contributed by atoms with Gasteiger partial charge in [-0.05, 0) is 6.42 Å². The van der Waals surface area contributed by atoms with E-state index in [9.17, 15) is 14.7 Å². The van der Waals surface area contributed by atoms with Crippen LogP contribution in [0.25, 0.3) is 0 Å². The molecule has 1 aliphatic rings. The van der Waals surface area contributed by atoms with Gasteiger partial charge in [-0.25, -0.2) is 4.57 Å². The Hall–Kier alpha value is -2.17. The van der Waals surface area contributed by atoms with Crippen LogP contribution >= 0.6 is 0 Å². The SMILES string of the molecule is CC(=O)n1c(N)nc2c(c1=O)NCN2C(O)OCCCO. The summed E-state index contributed by atoms with van der Waals surface area (Å²) in [6.45, 7) is 1.37. The molecule has 0 saturated carbocycles. The van der Waals surface area contributed by atoms with E-state index in [1.54, 1.807) is 0 Å². The average molecular weight is 299 g/mol. The molecule has 1 aromatic rings. The molecule has 0 aromatic carbocycles. The van der Waals surface area contributed by atoms with Gasteiger partial charge in [-0.15, -0.1) is 0 Å². The van der Waals surface area contributed by atoms with E-state index in [1.807, 2.05) is 0 Å². The van der Waals surface area contributed by atoms with Gasteiger partial charge < -0.3 is 26.0 Å². The van der Waals surface area contributed by atoms with Crippen LogP contribution in [-0.2, 0) is 4.74 Å². The largest absolute Gasteiger partial charge is 0.396 e. The van der Waals surface area contributed by atoms with E-state index in [0.717, 1.165) is 4.57 Å². The first-order valence-corrected chi connectivity index (χ1v) is 6.32. The molecular formula is C11H17N5O5. The number of nitrogens with one attached hydrogen (secondary N) is 1. The van der Waals surface area contributed by atoms with E-state index in [2.05, 4.69) is 10.3 Å². The minimum Gasteiger partial charge on any atom is -0.396 e. The number of anilines is 3. The lowest BCUT2D eigenvalue weighted by Crippen LogP contribution is -2.38. The summed E-state index contributed by atoms with van der Waals surface area (Å²) in [6.07, 6.45) is -0.975. The molecule has 10 heteroatoms. The first-order valence-electron chi connectivity index (χ1n) is 6.32. The minimum absolute atomic E-state index is 0.0594. The first-order chi connectivity index (χ1) is 9.97. The van der Waals surface area contributed by atoms with E-state index in [1.165, 1.54) is 11.8 Å². The zero-order valence-electron chi connectivity index (χ0n) is 11.4. The standard InChI is InChI=1S/C11H17N5O5/c1-6(18)16-9(19)7-8(14-10(16)12)15(5-13-7)11(20)21-4-2-3-17/h11,13,17,20H,2-5H2,1H3,(H2,12,14). The number of fused-ring (bicyclic) bond motifs is 1. The van der Waals surface area contributed by atoms with Crippen LogP contribution in [0.15, 0.2) is 4.79 Å². The molecule has 0 saturated heterocycles. The second-order valence-corrected chi connectivity index (χ2v) is 4.41. The van der Waals surface area contributed by atoms with Crippen molar-refractivity contribution in [3.8, 4) is 0 Å². The first kappa shape index (κ1) is 15.2. The molecule has 10 nitrogen and oxygen atoms in total. The zero-order valence-corrected chi connectivity index (χ0v) is 11.4. The molecule has 0 bridgehead atoms. The highest BCUT2D eigenvalue weighted by Crippen LogP contribution is 2.27. The summed E-state index contributed by atoms with van der Waals surface area (Å²) in [7, 11) is 0. The fourth-order valence-electron chi connectivity index (χ4n) is 1.96. The lowest BCUT2D eigenvalue weighted by atomic mass is 10.4. The number of hydrogen-bond donors (Lipinski definition) is 4. The molecule has 0 radical (unpaired) electrons. The van der Waals surface area contributed by atoms with Gasteiger partial charge in [0.2, 0.25) is 18.3 Å². The van der Waals surface area contributed by atoms with Gasteiger partial charge in [0, 0.05) is 13.5 Å². The summed E-state index contributed by atoms with van der Waals surface area (Å²) in [5, 5.41) is 21.3. The Kier molecular flexibility index (Phi) is 4.40. The number of hydrogen-bond acceptors (Lipinski definition) is 9. The monoisotopic (exact) mass is 299 g/mol. The summed E-state index contributed by atoms with van der Waals surface area (Å²) < 4.78 is 5.85. The highest BCUT2D eigenvalue weighted by atomic mass is 16.6. The van der Waals surface area contributed by atoms with Crippen molar-refractivity contribution in [3.63, 3.8) is 0 Å². The van der Waals surface area contributed by atoms with E-state index in [0.29, 0.717) is 6.42 Å². The number of aliphatic hydroxyl groups excluding tert-OH is 2. The van der Waals surface area contributed by atoms with Crippen molar-refractivity contribution in [1.29, 1.82) is 0 Å². The van der Waals surface area contributed by atoms with Crippen molar-refractivity contribution < 1.29 is 19.7 Å². The third-order valence-electron chi connectivity index (χ3n) is 2.94. The third-order valence-corrected chi connectivity index (χ3v) is 2.94. The van der Waals surface area contributed by atoms with Crippen molar-refractivity contribution in [2.45, 2.75) is 19.8 Å². The molecule has 1 aromatic heterocycles. The molecule has 0 spiro atoms. The van der Waals surface area contributed by atoms with Crippen molar-refractivity contribution >= 4 is 23.4 Å². The normalized spacial score (nSPS) is 14.7. The number of carbonyl (C=O) groups excluding carboxylic acids is 1. The van der Waals surface area contributed by atoms with Crippen molar-refractivity contribution in [2.75, 3.05) is 35.8 Å². The molecule has 2 heterocycles. The molecule has 21 heavy (non-hydrogen) atoms. The fraction of sp³-hybridized carbons (Fsp3) is 0.545. The van der Waals surface area contributed by atoms with Crippen LogP contribution in [0.3, 0.4) is 0 Å². The molecule has 0 fully saturated rings. The van der Waals surface area contributed by atoms with Gasteiger partial charge >= 0.3 is 0 Å². The van der Waals surface area contributed by atoms with Gasteiger partial charge in [0.25, 0.3) is 5.56 Å². The van der Waals surface area contributed by atoms with Crippen molar-refractivity contribution in [1.82, 2.24) is 9.55 Å². The fourth-order valence-corrected chi connectivity index (χ4v) is 1.96. The molecule has 0 aliphatic carbocycles. The minimum atomic E-state index is -1.34. The quantitative estimate of drug-likeness (QED) is 0.371. The molecule has 2 rings (SSSR count). The van der Waals surface area contributed by atoms with Crippen LogP contribution in [0.1, 0.15) is 18.1 Å². The number of nitrogens with zero attached hydrogens (tertiary/aromatic N) is 3. The van der Waals surface area contributed by atoms with Gasteiger partial charge in [-0.1, -0.05) is 0 Å². The zero-order chi connectivity index (χ0) is 15.6. The number of aliphatic hydroxyl groups is 2. The lowest BCUT2D eigenvalue weighted by molar-refractivity contribution is -0.100. The van der Waals surface area contributed by atoms with Crippen molar-refractivity contribution in [3.05, 3.63) is 10.4 Å². The second kappa shape index (κ2) is 6.08. The highest BCUT2D eigenvalue weighted by molar-refractivity contribution is 5.82. The van der Waals surface area contributed by atoms with E-state index < -0.39 is 17.9 Å². The second-order valence-electron chi connectivity index (χ2n) is 4.41. The maximum atomic E-state index is 12.1. The molecule has 1 unspecified atom stereocenters.